The molecule has 0 aliphatic carbocycles. The van der Waals surface area contributed by atoms with E-state index in [-0.39, 0.29) is 16.6 Å². The number of hydrogen-bond donors (Lipinski definition) is 0. The Morgan fingerprint density at radius 3 is 1.04 bits per heavy atom. The molecule has 0 unspecified atom stereocenters. The average molecular weight is 798 g/mol. The molecular weight excluding hydrogens is 776 g/mol. The molecule has 1 nitrogen and oxygen atoms in total. The van der Waals surface area contributed by atoms with Crippen LogP contribution in [0.25, 0.3) is 0 Å². The van der Waals surface area contributed by atoms with Gasteiger partial charge in [-0.25, -0.2) is 0 Å². The van der Waals surface area contributed by atoms with Crippen LogP contribution in [0.5, 0.6) is 0 Å². The summed E-state index contributed by atoms with van der Waals surface area (Å²) in [6.45, 7) is 13.2. The van der Waals surface area contributed by atoms with Crippen LogP contribution in [0.2, 0.25) is 0 Å². The van der Waals surface area contributed by atoms with Gasteiger partial charge in [-0.05, 0) is 137 Å². The van der Waals surface area contributed by atoms with Gasteiger partial charge in [0.25, 0.3) is 0 Å². The zero-order chi connectivity index (χ0) is 20.0. The molecule has 5 heteroatoms. The van der Waals surface area contributed by atoms with Gasteiger partial charge in [0.1, 0.15) is 0 Å². The number of rotatable bonds is 2. The summed E-state index contributed by atoms with van der Waals surface area (Å²) in [7, 11) is 0. The third-order valence-corrected chi connectivity index (χ3v) is 7.67. The van der Waals surface area contributed by atoms with Crippen LogP contribution in [0.4, 0.5) is 0 Å². The second-order valence-electron chi connectivity index (χ2n) is 8.46. The third-order valence-electron chi connectivity index (χ3n) is 4.27. The van der Waals surface area contributed by atoms with E-state index >= 15 is 0 Å². The van der Waals surface area contributed by atoms with E-state index in [4.69, 9.17) is 0 Å². The molecule has 0 saturated heterocycles. The molecule has 2 rings (SSSR count). The lowest BCUT2D eigenvalue weighted by Gasteiger charge is -2.22. The molecule has 140 valence electrons. The molecule has 0 heterocycles. The highest BCUT2D eigenvalue weighted by atomic mass is 127. The fourth-order valence-electron chi connectivity index (χ4n) is 2.57. The Hall–Kier alpha value is 1.03. The number of hydrogen-bond acceptors (Lipinski definition) is 1. The quantitative estimate of drug-likeness (QED) is 0.223. The molecule has 26 heavy (non-hydrogen) atoms. The smallest absolute Gasteiger partial charge is 0.197 e. The normalized spacial score (nSPS) is 12.4. The maximum absolute atomic E-state index is 13.4. The molecule has 2 aromatic rings. The number of carbonyl (C=O) groups excluding carboxylic acids is 1. The Kier molecular flexibility index (Phi) is 7.54. The van der Waals surface area contributed by atoms with Crippen molar-refractivity contribution in [3.05, 3.63) is 60.8 Å². The first-order valence-electron chi connectivity index (χ1n) is 8.27. The second-order valence-corrected chi connectivity index (χ2v) is 13.1. The van der Waals surface area contributed by atoms with Crippen molar-refractivity contribution in [3.63, 3.8) is 0 Å². The van der Waals surface area contributed by atoms with Gasteiger partial charge in [-0.1, -0.05) is 41.5 Å². The fraction of sp³-hybridized carbons (Fsp3) is 0.381. The summed E-state index contributed by atoms with van der Waals surface area (Å²) < 4.78 is 4.10. The van der Waals surface area contributed by atoms with Gasteiger partial charge in [0.05, 0.1) is 0 Å². The van der Waals surface area contributed by atoms with Crippen molar-refractivity contribution in [2.75, 3.05) is 0 Å². The molecule has 0 bridgehead atoms. The largest absolute Gasteiger partial charge is 0.288 e. The van der Waals surface area contributed by atoms with Crippen LogP contribution in [0, 0.1) is 14.3 Å². The van der Waals surface area contributed by atoms with Crippen LogP contribution in [0.1, 0.15) is 68.6 Å². The van der Waals surface area contributed by atoms with Crippen LogP contribution in [-0.4, -0.2) is 5.78 Å². The Morgan fingerprint density at radius 1 is 0.615 bits per heavy atom. The fourth-order valence-corrected chi connectivity index (χ4v) is 7.09. The average Bonchev–Trinajstić information content (AvgIpc) is 2.43. The van der Waals surface area contributed by atoms with Crippen molar-refractivity contribution in [3.8, 4) is 0 Å². The first-order valence-corrected chi connectivity index (χ1v) is 12.6. The van der Waals surface area contributed by atoms with Crippen molar-refractivity contribution in [1.82, 2.24) is 0 Å². The maximum atomic E-state index is 13.4. The standard InChI is InChI=1S/C21H22I4O/c1-20(2,3)11-7-13(22)17(14(23)8-11)19(26)18-15(24)9-12(10-16(18)25)21(4,5)6/h7-10H,1-6H3. The lowest BCUT2D eigenvalue weighted by molar-refractivity contribution is 0.103. The van der Waals surface area contributed by atoms with Gasteiger partial charge in [0.2, 0.25) is 0 Å². The van der Waals surface area contributed by atoms with Crippen molar-refractivity contribution in [2.45, 2.75) is 52.4 Å². The third kappa shape index (κ3) is 5.14. The maximum Gasteiger partial charge on any atom is 0.197 e. The van der Waals surface area contributed by atoms with Gasteiger partial charge in [0.15, 0.2) is 5.78 Å². The van der Waals surface area contributed by atoms with E-state index < -0.39 is 0 Å². The molecule has 0 spiro atoms. The summed E-state index contributed by atoms with van der Waals surface area (Å²) in [4.78, 5) is 13.4. The van der Waals surface area contributed by atoms with E-state index in [1.54, 1.807) is 0 Å². The van der Waals surface area contributed by atoms with Gasteiger partial charge >= 0.3 is 0 Å². The first kappa shape index (κ1) is 23.3. The molecular formula is C21H22I4O. The molecule has 0 aliphatic heterocycles. The topological polar surface area (TPSA) is 17.1 Å². The molecule has 0 saturated carbocycles. The van der Waals surface area contributed by atoms with Crippen molar-refractivity contribution >= 4 is 96.1 Å². The summed E-state index contributed by atoms with van der Waals surface area (Å²) in [5.41, 5.74) is 4.29. The van der Waals surface area contributed by atoms with Gasteiger partial charge in [0, 0.05) is 25.4 Å². The van der Waals surface area contributed by atoms with Crippen LogP contribution in [-0.2, 0) is 10.8 Å². The number of halogens is 4. The van der Waals surface area contributed by atoms with Crippen LogP contribution >= 0.6 is 90.4 Å². The monoisotopic (exact) mass is 798 g/mol. The second kappa shape index (κ2) is 8.41. The van der Waals surface area contributed by atoms with Gasteiger partial charge in [-0.15, -0.1) is 0 Å². The number of ketones is 1. The van der Waals surface area contributed by atoms with Gasteiger partial charge in [-0.3, -0.25) is 4.79 Å². The Balaban J connectivity index is 2.61. The molecule has 0 atom stereocenters. The predicted octanol–water partition coefficient (Wildman–Crippen LogP) is 7.93. The summed E-state index contributed by atoms with van der Waals surface area (Å²) in [5.74, 6) is 0.119. The minimum Gasteiger partial charge on any atom is -0.288 e. The summed E-state index contributed by atoms with van der Waals surface area (Å²) in [6, 6.07) is 8.61. The van der Waals surface area contributed by atoms with Crippen LogP contribution in [0.15, 0.2) is 24.3 Å². The molecule has 0 N–H and O–H groups in total. The Labute approximate surface area is 211 Å². The van der Waals surface area contributed by atoms with Crippen molar-refractivity contribution < 1.29 is 4.79 Å². The molecule has 0 amide bonds. The molecule has 0 aromatic heterocycles. The molecule has 2 aromatic carbocycles. The van der Waals surface area contributed by atoms with Crippen molar-refractivity contribution in [1.29, 1.82) is 0 Å². The molecule has 0 radical (unpaired) electrons. The van der Waals surface area contributed by atoms with Crippen LogP contribution < -0.4 is 0 Å². The molecule has 0 fully saturated rings. The predicted molar refractivity (Wildman–Crippen MR) is 145 cm³/mol. The number of carbonyl (C=O) groups is 1. The molecule has 0 aliphatic rings. The van der Waals surface area contributed by atoms with E-state index in [2.05, 4.69) is 156 Å². The highest BCUT2D eigenvalue weighted by molar-refractivity contribution is 14.1. The van der Waals surface area contributed by atoms with Gasteiger partial charge in [-0.2, -0.15) is 0 Å². The van der Waals surface area contributed by atoms with E-state index in [0.29, 0.717) is 0 Å². The summed E-state index contributed by atoms with van der Waals surface area (Å²) >= 11 is 9.22. The Morgan fingerprint density at radius 2 is 0.846 bits per heavy atom. The zero-order valence-electron chi connectivity index (χ0n) is 15.7. The Bertz CT molecular complexity index is 753. The number of benzene rings is 2. The van der Waals surface area contributed by atoms with Crippen molar-refractivity contribution in [2.24, 2.45) is 0 Å². The van der Waals surface area contributed by atoms with E-state index in [1.165, 1.54) is 11.1 Å². The lowest BCUT2D eigenvalue weighted by atomic mass is 9.85. The van der Waals surface area contributed by atoms with Gasteiger partial charge < -0.3 is 0 Å². The van der Waals surface area contributed by atoms with E-state index in [1.807, 2.05) is 0 Å². The van der Waals surface area contributed by atoms with Crippen LogP contribution in [0.3, 0.4) is 0 Å². The zero-order valence-corrected chi connectivity index (χ0v) is 24.4. The highest BCUT2D eigenvalue weighted by Gasteiger charge is 2.25. The van der Waals surface area contributed by atoms with E-state index in [0.717, 1.165) is 25.4 Å². The van der Waals surface area contributed by atoms with E-state index in [9.17, 15) is 4.79 Å². The minimum absolute atomic E-state index is 0.0681. The highest BCUT2D eigenvalue weighted by Crippen LogP contribution is 2.34. The minimum atomic E-state index is 0.0681. The SMILES string of the molecule is CC(C)(C)c1cc(I)c(C(=O)c2c(I)cc(C(C)(C)C)cc2I)c(I)c1. The summed E-state index contributed by atoms with van der Waals surface area (Å²) in [6.07, 6.45) is 0. The lowest BCUT2D eigenvalue weighted by Crippen LogP contribution is -2.17. The summed E-state index contributed by atoms with van der Waals surface area (Å²) in [5, 5.41) is 0. The first-order chi connectivity index (χ1) is 11.7.